The predicted octanol–water partition coefficient (Wildman–Crippen LogP) is 0.697. The molecule has 1 fully saturated rings. The van der Waals surface area contributed by atoms with Crippen molar-refractivity contribution in [3.63, 3.8) is 0 Å². The van der Waals surface area contributed by atoms with E-state index in [4.69, 9.17) is 22.1 Å². The largest absolute Gasteiger partial charge is 0.367 e. The lowest BCUT2D eigenvalue weighted by atomic mass is 10.1. The average molecular weight is 404 g/mol. The molecule has 2 rings (SSSR count). The Bertz CT molecular complexity index is 795. The third kappa shape index (κ3) is 4.17. The van der Waals surface area contributed by atoms with Gasteiger partial charge in [-0.1, -0.05) is 25.4 Å². The molecule has 0 bridgehead atoms. The summed E-state index contributed by atoms with van der Waals surface area (Å²) in [6.45, 7) is 4.52. The number of hydrogen-bond donors (Lipinski definition) is 1. The molecule has 0 radical (unpaired) electrons. The zero-order valence-electron chi connectivity index (χ0n) is 14.6. The van der Waals surface area contributed by atoms with E-state index in [9.17, 15) is 18.0 Å². The number of amides is 2. The molecule has 1 aromatic rings. The van der Waals surface area contributed by atoms with Gasteiger partial charge in [-0.25, -0.2) is 8.42 Å². The maximum atomic E-state index is 12.8. The SMILES string of the molecule is CCN(CC)S(=O)(=O)c1ccc(Cl)c(C(=O)N2CCOC(C(N)=O)C2)c1. The molecule has 0 aliphatic carbocycles. The van der Waals surface area contributed by atoms with Crippen LogP contribution < -0.4 is 5.73 Å². The number of ether oxygens (including phenoxy) is 1. The highest BCUT2D eigenvalue weighted by molar-refractivity contribution is 7.89. The minimum Gasteiger partial charge on any atom is -0.367 e. The number of rotatable bonds is 6. The summed E-state index contributed by atoms with van der Waals surface area (Å²) in [5.41, 5.74) is 5.29. The number of halogens is 1. The number of nitrogens with two attached hydrogens (primary N) is 1. The Hall–Kier alpha value is -1.68. The first-order valence-electron chi connectivity index (χ1n) is 8.22. The van der Waals surface area contributed by atoms with Crippen LogP contribution in [-0.2, 0) is 19.6 Å². The van der Waals surface area contributed by atoms with Crippen molar-refractivity contribution in [1.82, 2.24) is 9.21 Å². The summed E-state index contributed by atoms with van der Waals surface area (Å²) in [6.07, 6.45) is -0.894. The Morgan fingerprint density at radius 3 is 2.58 bits per heavy atom. The number of morpholine rings is 1. The highest BCUT2D eigenvalue weighted by atomic mass is 35.5. The standard InChI is InChI=1S/C16H22ClN3O5S/c1-3-20(4-2)26(23,24)11-5-6-13(17)12(9-11)16(22)19-7-8-25-14(10-19)15(18)21/h5-6,9,14H,3-4,7-8,10H2,1-2H3,(H2,18,21). The molecule has 2 N–H and O–H groups in total. The van der Waals surface area contributed by atoms with Crippen LogP contribution in [0.25, 0.3) is 0 Å². The molecule has 26 heavy (non-hydrogen) atoms. The van der Waals surface area contributed by atoms with Crippen molar-refractivity contribution in [3.8, 4) is 0 Å². The molecule has 1 saturated heterocycles. The summed E-state index contributed by atoms with van der Waals surface area (Å²) in [5, 5.41) is 0.135. The Morgan fingerprint density at radius 2 is 2.00 bits per heavy atom. The second kappa shape index (κ2) is 8.34. The minimum absolute atomic E-state index is 0.00246. The summed E-state index contributed by atoms with van der Waals surface area (Å²) in [5.74, 6) is -1.13. The van der Waals surface area contributed by atoms with E-state index < -0.39 is 27.9 Å². The van der Waals surface area contributed by atoms with Crippen molar-refractivity contribution in [1.29, 1.82) is 0 Å². The lowest BCUT2D eigenvalue weighted by Crippen LogP contribution is -2.50. The first-order chi connectivity index (χ1) is 12.2. The van der Waals surface area contributed by atoms with Crippen LogP contribution in [0.1, 0.15) is 24.2 Å². The highest BCUT2D eigenvalue weighted by Gasteiger charge is 2.30. The molecule has 1 aromatic carbocycles. The molecule has 10 heteroatoms. The molecule has 144 valence electrons. The van der Waals surface area contributed by atoms with Crippen LogP contribution in [-0.4, -0.2) is 68.3 Å². The Kier molecular flexibility index (Phi) is 6.62. The van der Waals surface area contributed by atoms with Gasteiger partial charge in [0.25, 0.3) is 5.91 Å². The summed E-state index contributed by atoms with van der Waals surface area (Å²) in [6, 6.07) is 4.03. The Balaban J connectivity index is 2.35. The molecule has 0 aromatic heterocycles. The maximum Gasteiger partial charge on any atom is 0.255 e. The van der Waals surface area contributed by atoms with Crippen LogP contribution in [0, 0.1) is 0 Å². The molecule has 1 aliphatic heterocycles. The number of benzene rings is 1. The molecule has 0 spiro atoms. The van der Waals surface area contributed by atoms with Crippen LogP contribution in [0.2, 0.25) is 5.02 Å². The van der Waals surface area contributed by atoms with Gasteiger partial charge in [-0.05, 0) is 18.2 Å². The highest BCUT2D eigenvalue weighted by Crippen LogP contribution is 2.25. The smallest absolute Gasteiger partial charge is 0.255 e. The lowest BCUT2D eigenvalue weighted by Gasteiger charge is -2.31. The van der Waals surface area contributed by atoms with Crippen LogP contribution >= 0.6 is 11.6 Å². The van der Waals surface area contributed by atoms with E-state index in [0.29, 0.717) is 13.1 Å². The Labute approximate surface area is 157 Å². The van der Waals surface area contributed by atoms with Gasteiger partial charge in [-0.15, -0.1) is 0 Å². The molecule has 0 saturated carbocycles. The second-order valence-electron chi connectivity index (χ2n) is 5.74. The maximum absolute atomic E-state index is 12.8. The lowest BCUT2D eigenvalue weighted by molar-refractivity contribution is -0.133. The quantitative estimate of drug-likeness (QED) is 0.751. The van der Waals surface area contributed by atoms with E-state index in [2.05, 4.69) is 0 Å². The summed E-state index contributed by atoms with van der Waals surface area (Å²) >= 11 is 6.13. The van der Waals surface area contributed by atoms with Gasteiger partial charge in [0.15, 0.2) is 6.10 Å². The number of carbonyl (C=O) groups is 2. The molecular formula is C16H22ClN3O5S. The van der Waals surface area contributed by atoms with Crippen molar-refractivity contribution < 1.29 is 22.7 Å². The van der Waals surface area contributed by atoms with E-state index >= 15 is 0 Å². The molecule has 2 amide bonds. The van der Waals surface area contributed by atoms with E-state index in [1.807, 2.05) is 0 Å². The van der Waals surface area contributed by atoms with Crippen molar-refractivity contribution in [2.45, 2.75) is 24.8 Å². The fraction of sp³-hybridized carbons (Fsp3) is 0.500. The van der Waals surface area contributed by atoms with Crippen LogP contribution in [0.15, 0.2) is 23.1 Å². The first-order valence-corrected chi connectivity index (χ1v) is 10.0. The number of sulfonamides is 1. The van der Waals surface area contributed by atoms with Crippen molar-refractivity contribution >= 4 is 33.4 Å². The summed E-state index contributed by atoms with van der Waals surface area (Å²) < 4.78 is 31.9. The summed E-state index contributed by atoms with van der Waals surface area (Å²) in [7, 11) is -3.72. The minimum atomic E-state index is -3.72. The number of nitrogens with zero attached hydrogens (tertiary/aromatic N) is 2. The molecule has 1 unspecified atom stereocenters. The van der Waals surface area contributed by atoms with Crippen molar-refractivity contribution in [2.75, 3.05) is 32.8 Å². The third-order valence-corrected chi connectivity index (χ3v) is 6.56. The van der Waals surface area contributed by atoms with Gasteiger partial charge >= 0.3 is 0 Å². The first kappa shape index (κ1) is 20.6. The van der Waals surface area contributed by atoms with Gasteiger partial charge in [0.1, 0.15) is 0 Å². The van der Waals surface area contributed by atoms with Crippen molar-refractivity contribution in [3.05, 3.63) is 28.8 Å². The summed E-state index contributed by atoms with van der Waals surface area (Å²) in [4.78, 5) is 25.5. The second-order valence-corrected chi connectivity index (χ2v) is 8.09. The van der Waals surface area contributed by atoms with Gasteiger partial charge in [-0.2, -0.15) is 4.31 Å². The van der Waals surface area contributed by atoms with Crippen LogP contribution in [0.5, 0.6) is 0 Å². The predicted molar refractivity (Wildman–Crippen MR) is 96.4 cm³/mol. The average Bonchev–Trinajstić information content (AvgIpc) is 2.62. The number of hydrogen-bond acceptors (Lipinski definition) is 5. The molecule has 1 atom stereocenters. The van der Waals surface area contributed by atoms with E-state index in [1.54, 1.807) is 13.8 Å². The normalized spacial score (nSPS) is 18.2. The topological polar surface area (TPSA) is 110 Å². The number of carbonyl (C=O) groups excluding carboxylic acids is 2. The van der Waals surface area contributed by atoms with Gasteiger partial charge < -0.3 is 15.4 Å². The van der Waals surface area contributed by atoms with Gasteiger partial charge in [-0.3, -0.25) is 9.59 Å². The zero-order chi connectivity index (χ0) is 19.5. The molecular weight excluding hydrogens is 382 g/mol. The Morgan fingerprint density at radius 1 is 1.35 bits per heavy atom. The monoisotopic (exact) mass is 403 g/mol. The van der Waals surface area contributed by atoms with E-state index in [-0.39, 0.29) is 35.2 Å². The molecule has 1 aliphatic rings. The fourth-order valence-electron chi connectivity index (χ4n) is 2.72. The van der Waals surface area contributed by atoms with Crippen LogP contribution in [0.3, 0.4) is 0 Å². The molecule has 1 heterocycles. The fourth-order valence-corrected chi connectivity index (χ4v) is 4.40. The molecule has 8 nitrogen and oxygen atoms in total. The number of primary amides is 1. The van der Waals surface area contributed by atoms with Crippen molar-refractivity contribution in [2.24, 2.45) is 5.73 Å². The third-order valence-electron chi connectivity index (χ3n) is 4.18. The van der Waals surface area contributed by atoms with Gasteiger partial charge in [0.2, 0.25) is 15.9 Å². The van der Waals surface area contributed by atoms with Gasteiger partial charge in [0, 0.05) is 19.6 Å². The van der Waals surface area contributed by atoms with Gasteiger partial charge in [0.05, 0.1) is 28.6 Å². The zero-order valence-corrected chi connectivity index (χ0v) is 16.2. The van der Waals surface area contributed by atoms with E-state index in [1.165, 1.54) is 27.4 Å². The van der Waals surface area contributed by atoms with E-state index in [0.717, 1.165) is 0 Å². The van der Waals surface area contributed by atoms with Crippen LogP contribution in [0.4, 0.5) is 0 Å².